The van der Waals surface area contributed by atoms with Crippen LogP contribution in [0.4, 0.5) is 34.1 Å². The van der Waals surface area contributed by atoms with Gasteiger partial charge in [0, 0.05) is 53.9 Å². The highest BCUT2D eigenvalue weighted by Gasteiger charge is 2.49. The molecule has 0 radical (unpaired) electrons. The average molecular weight is 865 g/mol. The molecule has 0 amide bonds. The van der Waals surface area contributed by atoms with Crippen molar-refractivity contribution >= 4 is 76.4 Å². The SMILES string of the molecule is Cc1cccc(N(c2ccccc2C)c2cc3c(c4ccccc24)-c2c(cc(N(c4ccccc4C)c4ccccc4C)c4c2sc2ccccc24)C3(c2ccccc2)c2ccccc2)c1. The lowest BCUT2D eigenvalue weighted by molar-refractivity contribution is 0.769. The lowest BCUT2D eigenvalue weighted by Crippen LogP contribution is -2.29. The smallest absolute Gasteiger partial charge is 0.0715 e. The van der Waals surface area contributed by atoms with E-state index in [1.807, 2.05) is 11.3 Å². The van der Waals surface area contributed by atoms with Crippen molar-refractivity contribution in [1.82, 2.24) is 0 Å². The zero-order valence-corrected chi connectivity index (χ0v) is 38.4. The van der Waals surface area contributed by atoms with Crippen LogP contribution in [-0.2, 0) is 5.41 Å². The molecule has 316 valence electrons. The Morgan fingerprint density at radius 2 is 0.848 bits per heavy atom. The van der Waals surface area contributed by atoms with Crippen molar-refractivity contribution in [3.8, 4) is 11.1 Å². The molecule has 0 N–H and O–H groups in total. The molecular weight excluding hydrogens is 817 g/mol. The van der Waals surface area contributed by atoms with E-state index >= 15 is 0 Å². The molecule has 10 aromatic carbocycles. The zero-order chi connectivity index (χ0) is 44.5. The summed E-state index contributed by atoms with van der Waals surface area (Å²) in [5.41, 5.74) is 18.8. The predicted molar refractivity (Wildman–Crippen MR) is 282 cm³/mol. The molecule has 2 nitrogen and oxygen atoms in total. The summed E-state index contributed by atoms with van der Waals surface area (Å²) in [6.45, 7) is 8.91. The maximum Gasteiger partial charge on any atom is 0.0715 e. The molecule has 3 heteroatoms. The van der Waals surface area contributed by atoms with Gasteiger partial charge in [0.1, 0.15) is 0 Å². The summed E-state index contributed by atoms with van der Waals surface area (Å²) in [5.74, 6) is 0. The molecule has 11 aromatic rings. The fourth-order valence-electron chi connectivity index (χ4n) is 11.0. The summed E-state index contributed by atoms with van der Waals surface area (Å²) in [6.07, 6.45) is 0. The van der Waals surface area contributed by atoms with Crippen LogP contribution < -0.4 is 9.80 Å². The Hall–Kier alpha value is -7.72. The standard InChI is InChI=1S/C63H48N2S/c1-41-22-21-30-47(38-41)64(53-34-17-11-23-42(53)2)56-39-51-59(49-32-15-14-31-48(49)56)61-52(63(51,45-26-7-5-8-27-45)46-28-9-6-10-29-46)40-57(60-50-33-16-20-37-58(50)66-62(60)61)65(54-35-18-12-24-43(54)3)55-36-19-13-25-44(55)4/h5-40H,1-4H3. The van der Waals surface area contributed by atoms with E-state index in [4.69, 9.17) is 0 Å². The molecule has 1 aliphatic rings. The summed E-state index contributed by atoms with van der Waals surface area (Å²) < 4.78 is 2.58. The minimum absolute atomic E-state index is 0.710. The third-order valence-corrected chi connectivity index (χ3v) is 15.1. The van der Waals surface area contributed by atoms with Gasteiger partial charge in [-0.15, -0.1) is 11.3 Å². The molecule has 0 aliphatic heterocycles. The Morgan fingerprint density at radius 1 is 0.364 bits per heavy atom. The van der Waals surface area contributed by atoms with Gasteiger partial charge in [-0.05, 0) is 132 Å². The number of nitrogens with zero attached hydrogens (tertiary/aromatic N) is 2. The second kappa shape index (κ2) is 15.8. The van der Waals surface area contributed by atoms with Gasteiger partial charge in [0.05, 0.1) is 16.8 Å². The number of rotatable bonds is 8. The van der Waals surface area contributed by atoms with Crippen LogP contribution in [-0.4, -0.2) is 0 Å². The number of para-hydroxylation sites is 3. The fraction of sp³-hybridized carbons (Fsp3) is 0.0794. The summed E-state index contributed by atoms with van der Waals surface area (Å²) in [5, 5.41) is 5.00. The molecule has 0 unspecified atom stereocenters. The topological polar surface area (TPSA) is 6.48 Å². The molecule has 1 heterocycles. The van der Waals surface area contributed by atoms with E-state index in [1.165, 1.54) is 104 Å². The monoisotopic (exact) mass is 864 g/mol. The van der Waals surface area contributed by atoms with E-state index in [1.54, 1.807) is 0 Å². The van der Waals surface area contributed by atoms with Gasteiger partial charge in [-0.1, -0.05) is 170 Å². The molecule has 1 aromatic heterocycles. The van der Waals surface area contributed by atoms with Crippen LogP contribution in [0.3, 0.4) is 0 Å². The van der Waals surface area contributed by atoms with Gasteiger partial charge >= 0.3 is 0 Å². The third-order valence-electron chi connectivity index (χ3n) is 13.9. The maximum absolute atomic E-state index is 2.59. The highest BCUT2D eigenvalue weighted by molar-refractivity contribution is 7.26. The predicted octanol–water partition coefficient (Wildman–Crippen LogP) is 17.7. The molecule has 0 saturated carbocycles. The first-order valence-corrected chi connectivity index (χ1v) is 23.8. The highest BCUT2D eigenvalue weighted by atomic mass is 32.1. The van der Waals surface area contributed by atoms with Crippen molar-refractivity contribution in [2.45, 2.75) is 33.1 Å². The first kappa shape index (κ1) is 39.8. The third kappa shape index (κ3) is 6.00. The number of aryl methyl sites for hydroxylation is 4. The molecule has 0 spiro atoms. The van der Waals surface area contributed by atoms with Crippen LogP contribution in [0.15, 0.2) is 218 Å². The van der Waals surface area contributed by atoms with Crippen molar-refractivity contribution < 1.29 is 0 Å². The molecule has 0 atom stereocenters. The number of anilines is 6. The Morgan fingerprint density at radius 3 is 1.44 bits per heavy atom. The summed E-state index contributed by atoms with van der Waals surface area (Å²) in [7, 11) is 0. The van der Waals surface area contributed by atoms with Gasteiger partial charge in [0.25, 0.3) is 0 Å². The molecule has 0 saturated heterocycles. The van der Waals surface area contributed by atoms with E-state index in [-0.39, 0.29) is 0 Å². The number of hydrogen-bond acceptors (Lipinski definition) is 3. The van der Waals surface area contributed by atoms with Gasteiger partial charge < -0.3 is 9.80 Å². The van der Waals surface area contributed by atoms with Crippen molar-refractivity contribution in [3.63, 3.8) is 0 Å². The second-order valence-electron chi connectivity index (χ2n) is 17.8. The molecule has 0 bridgehead atoms. The van der Waals surface area contributed by atoms with Crippen molar-refractivity contribution in [2.24, 2.45) is 0 Å². The van der Waals surface area contributed by atoms with Crippen LogP contribution in [0.25, 0.3) is 42.1 Å². The molecule has 0 fully saturated rings. The number of hydrogen-bond donors (Lipinski definition) is 0. The van der Waals surface area contributed by atoms with Crippen molar-refractivity contribution in [3.05, 3.63) is 263 Å². The van der Waals surface area contributed by atoms with Crippen LogP contribution in [0.2, 0.25) is 0 Å². The normalized spacial score (nSPS) is 12.7. The van der Waals surface area contributed by atoms with Crippen LogP contribution in [0.1, 0.15) is 44.5 Å². The number of benzene rings is 10. The molecule has 66 heavy (non-hydrogen) atoms. The quantitative estimate of drug-likeness (QED) is 0.150. The summed E-state index contributed by atoms with van der Waals surface area (Å²) in [6, 6.07) is 81.5. The van der Waals surface area contributed by atoms with E-state index < -0.39 is 5.41 Å². The van der Waals surface area contributed by atoms with Gasteiger partial charge in [0.2, 0.25) is 0 Å². The zero-order valence-electron chi connectivity index (χ0n) is 37.6. The minimum Gasteiger partial charge on any atom is -0.310 e. The summed E-state index contributed by atoms with van der Waals surface area (Å²) in [4.78, 5) is 5.06. The first-order valence-electron chi connectivity index (χ1n) is 22.9. The van der Waals surface area contributed by atoms with Gasteiger partial charge in [-0.2, -0.15) is 0 Å². The van der Waals surface area contributed by atoms with E-state index in [9.17, 15) is 0 Å². The molecule has 1 aliphatic carbocycles. The van der Waals surface area contributed by atoms with E-state index in [0.717, 1.165) is 17.1 Å². The van der Waals surface area contributed by atoms with Crippen molar-refractivity contribution in [2.75, 3.05) is 9.80 Å². The molecular formula is C63H48N2S. The minimum atomic E-state index is -0.710. The van der Waals surface area contributed by atoms with Crippen LogP contribution in [0, 0.1) is 27.7 Å². The molecule has 12 rings (SSSR count). The number of thiophene rings is 1. The largest absolute Gasteiger partial charge is 0.310 e. The first-order chi connectivity index (χ1) is 32.4. The highest BCUT2D eigenvalue weighted by Crippen LogP contribution is 2.64. The summed E-state index contributed by atoms with van der Waals surface area (Å²) >= 11 is 1.93. The lowest BCUT2D eigenvalue weighted by atomic mass is 9.67. The van der Waals surface area contributed by atoms with Gasteiger partial charge in [0.15, 0.2) is 0 Å². The van der Waals surface area contributed by atoms with Gasteiger partial charge in [-0.3, -0.25) is 0 Å². The van der Waals surface area contributed by atoms with Crippen LogP contribution in [0.5, 0.6) is 0 Å². The van der Waals surface area contributed by atoms with E-state index in [0.29, 0.717) is 0 Å². The Labute approximate surface area is 391 Å². The van der Waals surface area contributed by atoms with Crippen molar-refractivity contribution in [1.29, 1.82) is 0 Å². The Bertz CT molecular complexity index is 3570. The van der Waals surface area contributed by atoms with Crippen LogP contribution >= 0.6 is 11.3 Å². The maximum atomic E-state index is 2.59. The van der Waals surface area contributed by atoms with E-state index in [2.05, 4.69) is 256 Å². The fourth-order valence-corrected chi connectivity index (χ4v) is 12.3. The number of fused-ring (bicyclic) bond motifs is 9. The average Bonchev–Trinajstić information content (AvgIpc) is 3.89. The van der Waals surface area contributed by atoms with Gasteiger partial charge in [-0.25, -0.2) is 0 Å². The Balaban J connectivity index is 1.31. The second-order valence-corrected chi connectivity index (χ2v) is 18.9. The Kier molecular flexibility index (Phi) is 9.52. The lowest BCUT2D eigenvalue weighted by Gasteiger charge is -2.36.